The molecule has 20 heavy (non-hydrogen) atoms. The van der Waals surface area contributed by atoms with Gasteiger partial charge in [0.05, 0.1) is 22.7 Å². The van der Waals surface area contributed by atoms with Crippen LogP contribution in [0.4, 0.5) is 11.4 Å². The molecule has 1 saturated heterocycles. The lowest BCUT2D eigenvalue weighted by molar-refractivity contribution is -0.136. The minimum Gasteiger partial charge on any atom is -0.397 e. The van der Waals surface area contributed by atoms with Gasteiger partial charge in [0.15, 0.2) is 0 Å². The molecule has 1 aliphatic heterocycles. The van der Waals surface area contributed by atoms with Crippen LogP contribution >= 0.6 is 0 Å². The molecule has 1 fully saturated rings. The number of hydrogen-bond donors (Lipinski definition) is 3. The lowest BCUT2D eigenvalue weighted by atomic mass is 10.2. The van der Waals surface area contributed by atoms with E-state index in [1.165, 1.54) is 25.2 Å². The van der Waals surface area contributed by atoms with Crippen LogP contribution in [-0.4, -0.2) is 38.2 Å². The van der Waals surface area contributed by atoms with E-state index in [1.807, 2.05) is 0 Å². The average Bonchev–Trinajstić information content (AvgIpc) is 2.58. The number of primary sulfonamides is 1. The number of likely N-dealkylation sites (tertiary alicyclic amines) is 1. The number of anilines is 2. The number of benzene rings is 1. The highest BCUT2D eigenvalue weighted by Gasteiger charge is 2.36. The maximum Gasteiger partial charge on any atom is 0.251 e. The third-order valence-electron chi connectivity index (χ3n) is 3.06. The highest BCUT2D eigenvalue weighted by Crippen LogP contribution is 2.25. The zero-order chi connectivity index (χ0) is 15.1. The molecule has 0 spiro atoms. The number of nitrogens with two attached hydrogens (primary N) is 2. The fraction of sp³-hybridized carbons (Fsp3) is 0.273. The molecule has 1 aromatic carbocycles. The van der Waals surface area contributed by atoms with E-state index in [9.17, 15) is 18.0 Å². The van der Waals surface area contributed by atoms with Gasteiger partial charge >= 0.3 is 0 Å². The van der Waals surface area contributed by atoms with Gasteiger partial charge in [-0.2, -0.15) is 0 Å². The summed E-state index contributed by atoms with van der Waals surface area (Å²) in [5.41, 5.74) is 6.22. The number of rotatable bonds is 3. The number of nitrogens with one attached hydrogen (secondary N) is 1. The first kappa shape index (κ1) is 14.3. The summed E-state index contributed by atoms with van der Waals surface area (Å²) in [5, 5.41) is 7.80. The standard InChI is InChI=1S/C11H14N4O4S/c1-15-10(16)5-9(11(15)17)14-8-4-6(20(13,18)19)2-3-7(8)12/h2-4,9,14H,5,12H2,1H3,(H2,13,18,19). The number of hydrogen-bond acceptors (Lipinski definition) is 6. The van der Waals surface area contributed by atoms with Crippen LogP contribution in [0.5, 0.6) is 0 Å². The van der Waals surface area contributed by atoms with Crippen molar-refractivity contribution in [3.63, 3.8) is 0 Å². The molecule has 2 rings (SSSR count). The van der Waals surface area contributed by atoms with Gasteiger partial charge in [0.2, 0.25) is 15.9 Å². The molecular formula is C11H14N4O4S. The van der Waals surface area contributed by atoms with Gasteiger partial charge in [0, 0.05) is 7.05 Å². The third-order valence-corrected chi connectivity index (χ3v) is 3.98. The zero-order valence-electron chi connectivity index (χ0n) is 10.7. The molecule has 1 unspecified atom stereocenters. The molecule has 108 valence electrons. The van der Waals surface area contributed by atoms with Crippen molar-refractivity contribution in [2.75, 3.05) is 18.1 Å². The summed E-state index contributed by atoms with van der Waals surface area (Å²) in [5.74, 6) is -0.705. The van der Waals surface area contributed by atoms with Crippen LogP contribution in [0.1, 0.15) is 6.42 Å². The average molecular weight is 298 g/mol. The van der Waals surface area contributed by atoms with Crippen molar-refractivity contribution in [3.8, 4) is 0 Å². The smallest absolute Gasteiger partial charge is 0.251 e. The van der Waals surface area contributed by atoms with E-state index in [0.29, 0.717) is 0 Å². The number of carbonyl (C=O) groups is 2. The minimum atomic E-state index is -3.87. The molecule has 8 nitrogen and oxygen atoms in total. The summed E-state index contributed by atoms with van der Waals surface area (Å²) in [6.07, 6.45) is -0.00558. The van der Waals surface area contributed by atoms with Crippen molar-refractivity contribution < 1.29 is 18.0 Å². The molecule has 0 aliphatic carbocycles. The lowest BCUT2D eigenvalue weighted by Gasteiger charge is -2.15. The van der Waals surface area contributed by atoms with Gasteiger partial charge in [-0.25, -0.2) is 13.6 Å². The summed E-state index contributed by atoms with van der Waals surface area (Å²) in [6.45, 7) is 0. The van der Waals surface area contributed by atoms with Crippen molar-refractivity contribution in [2.24, 2.45) is 5.14 Å². The van der Waals surface area contributed by atoms with Crippen LogP contribution in [0, 0.1) is 0 Å². The molecule has 1 heterocycles. The molecule has 0 bridgehead atoms. The first-order valence-electron chi connectivity index (χ1n) is 5.69. The predicted octanol–water partition coefficient (Wildman–Crippen LogP) is -0.915. The maximum absolute atomic E-state index is 11.8. The number of imide groups is 1. The molecule has 9 heteroatoms. The second-order valence-corrected chi connectivity index (χ2v) is 6.05. The summed E-state index contributed by atoms with van der Waals surface area (Å²) in [7, 11) is -2.48. The number of nitrogen functional groups attached to an aromatic ring is 1. The van der Waals surface area contributed by atoms with E-state index >= 15 is 0 Å². The molecule has 0 saturated carbocycles. The molecule has 1 aliphatic rings. The largest absolute Gasteiger partial charge is 0.397 e. The number of nitrogens with zero attached hydrogens (tertiary/aromatic N) is 1. The highest BCUT2D eigenvalue weighted by atomic mass is 32.2. The van der Waals surface area contributed by atoms with Gasteiger partial charge in [-0.05, 0) is 18.2 Å². The number of amides is 2. The SMILES string of the molecule is CN1C(=O)CC(Nc2cc(S(N)(=O)=O)ccc2N)C1=O. The number of carbonyl (C=O) groups excluding carboxylic acids is 2. The second kappa shape index (κ2) is 4.76. The molecule has 0 radical (unpaired) electrons. The van der Waals surface area contributed by atoms with Crippen LogP contribution in [0.2, 0.25) is 0 Å². The van der Waals surface area contributed by atoms with Crippen molar-refractivity contribution in [2.45, 2.75) is 17.4 Å². The van der Waals surface area contributed by atoms with Crippen molar-refractivity contribution in [1.82, 2.24) is 4.90 Å². The molecule has 1 atom stereocenters. The molecule has 5 N–H and O–H groups in total. The first-order valence-corrected chi connectivity index (χ1v) is 7.24. The zero-order valence-corrected chi connectivity index (χ0v) is 11.5. The van der Waals surface area contributed by atoms with Gasteiger partial charge in [0.25, 0.3) is 5.91 Å². The molecule has 1 aromatic rings. The third kappa shape index (κ3) is 2.58. The Hall–Kier alpha value is -2.13. The van der Waals surface area contributed by atoms with Gasteiger partial charge in [-0.3, -0.25) is 14.5 Å². The number of likely N-dealkylation sites (N-methyl/N-ethyl adjacent to an activating group) is 1. The number of sulfonamides is 1. The minimum absolute atomic E-state index is 0.00558. The summed E-state index contributed by atoms with van der Waals surface area (Å²) < 4.78 is 22.6. The topological polar surface area (TPSA) is 136 Å². The van der Waals surface area contributed by atoms with Gasteiger partial charge in [0.1, 0.15) is 6.04 Å². The monoisotopic (exact) mass is 298 g/mol. The molecule has 2 amide bonds. The first-order chi connectivity index (χ1) is 9.20. The van der Waals surface area contributed by atoms with Crippen molar-refractivity contribution >= 4 is 33.2 Å². The van der Waals surface area contributed by atoms with Crippen LogP contribution in [-0.2, 0) is 19.6 Å². The van der Waals surface area contributed by atoms with E-state index in [-0.39, 0.29) is 28.6 Å². The summed E-state index contributed by atoms with van der Waals surface area (Å²) in [6, 6.07) is 3.11. The highest BCUT2D eigenvalue weighted by molar-refractivity contribution is 7.89. The van der Waals surface area contributed by atoms with Crippen LogP contribution in [0.25, 0.3) is 0 Å². The normalized spacial score (nSPS) is 19.5. The van der Waals surface area contributed by atoms with Crippen molar-refractivity contribution in [3.05, 3.63) is 18.2 Å². The van der Waals surface area contributed by atoms with Crippen LogP contribution in [0.15, 0.2) is 23.1 Å². The van der Waals surface area contributed by atoms with E-state index in [2.05, 4.69) is 5.32 Å². The Balaban J connectivity index is 2.30. The maximum atomic E-state index is 11.8. The fourth-order valence-electron chi connectivity index (χ4n) is 1.89. The Morgan fingerprint density at radius 3 is 2.50 bits per heavy atom. The van der Waals surface area contributed by atoms with Crippen LogP contribution < -0.4 is 16.2 Å². The molecular weight excluding hydrogens is 284 g/mol. The van der Waals surface area contributed by atoms with Gasteiger partial charge in [-0.15, -0.1) is 0 Å². The quantitative estimate of drug-likeness (QED) is 0.488. The second-order valence-electron chi connectivity index (χ2n) is 4.49. The van der Waals surface area contributed by atoms with Crippen molar-refractivity contribution in [1.29, 1.82) is 0 Å². The Kier molecular flexibility index (Phi) is 3.40. The van der Waals surface area contributed by atoms with E-state index in [4.69, 9.17) is 10.9 Å². The Bertz CT molecular complexity index is 686. The van der Waals surface area contributed by atoms with Crippen LogP contribution in [0.3, 0.4) is 0 Å². The predicted molar refractivity (Wildman–Crippen MR) is 72.0 cm³/mol. The Labute approximate surface area is 115 Å². The molecule has 0 aromatic heterocycles. The van der Waals surface area contributed by atoms with E-state index in [0.717, 1.165) is 4.90 Å². The van der Waals surface area contributed by atoms with E-state index in [1.54, 1.807) is 0 Å². The Morgan fingerprint density at radius 1 is 1.35 bits per heavy atom. The summed E-state index contributed by atoms with van der Waals surface area (Å²) >= 11 is 0. The van der Waals surface area contributed by atoms with E-state index < -0.39 is 22.0 Å². The van der Waals surface area contributed by atoms with Gasteiger partial charge in [-0.1, -0.05) is 0 Å². The van der Waals surface area contributed by atoms with Gasteiger partial charge < -0.3 is 11.1 Å². The fourth-order valence-corrected chi connectivity index (χ4v) is 2.43. The Morgan fingerprint density at radius 2 is 2.00 bits per heavy atom. The summed E-state index contributed by atoms with van der Waals surface area (Å²) in [4.78, 5) is 24.1. The lowest BCUT2D eigenvalue weighted by Crippen LogP contribution is -2.32.